The predicted molar refractivity (Wildman–Crippen MR) is 105 cm³/mol. The zero-order valence-electron chi connectivity index (χ0n) is 15.9. The van der Waals surface area contributed by atoms with Gasteiger partial charge in [-0.15, -0.1) is 11.8 Å². The van der Waals surface area contributed by atoms with E-state index in [1.807, 2.05) is 0 Å². The van der Waals surface area contributed by atoms with Crippen LogP contribution in [0.4, 0.5) is 16.2 Å². The number of amides is 2. The normalized spacial score (nSPS) is 20.6. The van der Waals surface area contributed by atoms with Crippen molar-refractivity contribution in [2.24, 2.45) is 0 Å². The Balaban J connectivity index is 1.76. The van der Waals surface area contributed by atoms with Crippen molar-refractivity contribution >= 4 is 35.1 Å². The van der Waals surface area contributed by atoms with Crippen LogP contribution in [0.2, 0.25) is 0 Å². The molecule has 0 unspecified atom stereocenters. The van der Waals surface area contributed by atoms with Gasteiger partial charge in [0.15, 0.2) is 0 Å². The molecule has 2 heterocycles. The standard InChI is InChI=1S/C19H27N3O3S/c1-19(2,3)25-18(24)20-14-12-26-16-8-7-13(22-9-5-6-10-22)11-15(16)21(4)17(14)23/h7-8,11,14H,5-6,9-10,12H2,1-4H3,(H,20,24)/t14-/m0/s1. The predicted octanol–water partition coefficient (Wildman–Crippen LogP) is 3.25. The van der Waals surface area contributed by atoms with Crippen LogP contribution in [0.3, 0.4) is 0 Å². The minimum absolute atomic E-state index is 0.124. The Morgan fingerprint density at radius 3 is 2.62 bits per heavy atom. The summed E-state index contributed by atoms with van der Waals surface area (Å²) < 4.78 is 5.29. The Bertz CT molecular complexity index is 696. The maximum atomic E-state index is 12.9. The van der Waals surface area contributed by atoms with Gasteiger partial charge in [-0.25, -0.2) is 4.79 Å². The Morgan fingerprint density at radius 1 is 1.27 bits per heavy atom. The van der Waals surface area contributed by atoms with Crippen molar-refractivity contribution in [1.29, 1.82) is 0 Å². The third-order valence-corrected chi connectivity index (χ3v) is 5.66. The number of fused-ring (bicyclic) bond motifs is 1. The largest absolute Gasteiger partial charge is 0.444 e. The molecule has 1 aromatic carbocycles. The van der Waals surface area contributed by atoms with Crippen molar-refractivity contribution in [3.05, 3.63) is 18.2 Å². The molecule has 142 valence electrons. The third kappa shape index (κ3) is 4.26. The summed E-state index contributed by atoms with van der Waals surface area (Å²) in [7, 11) is 1.77. The number of benzene rings is 1. The van der Waals surface area contributed by atoms with Crippen LogP contribution in [0.15, 0.2) is 23.1 Å². The molecular formula is C19H27N3O3S. The van der Waals surface area contributed by atoms with Crippen LogP contribution in [-0.4, -0.2) is 49.5 Å². The lowest BCUT2D eigenvalue weighted by Crippen LogP contribution is -2.49. The smallest absolute Gasteiger partial charge is 0.408 e. The van der Waals surface area contributed by atoms with E-state index in [2.05, 4.69) is 28.4 Å². The van der Waals surface area contributed by atoms with Gasteiger partial charge < -0.3 is 19.9 Å². The maximum absolute atomic E-state index is 12.9. The van der Waals surface area contributed by atoms with Gasteiger partial charge in [0, 0.05) is 36.5 Å². The molecule has 0 spiro atoms. The molecular weight excluding hydrogens is 350 g/mol. The molecule has 2 aliphatic rings. The van der Waals surface area contributed by atoms with Crippen LogP contribution in [0.5, 0.6) is 0 Å². The minimum Gasteiger partial charge on any atom is -0.444 e. The number of carbonyl (C=O) groups is 2. The van der Waals surface area contributed by atoms with Gasteiger partial charge in [-0.3, -0.25) is 4.79 Å². The molecule has 6 nitrogen and oxygen atoms in total. The summed E-state index contributed by atoms with van der Waals surface area (Å²) in [6, 6.07) is 5.67. The van der Waals surface area contributed by atoms with Crippen molar-refractivity contribution in [2.75, 3.05) is 35.7 Å². The van der Waals surface area contributed by atoms with E-state index in [1.54, 1.807) is 44.5 Å². The highest BCUT2D eigenvalue weighted by atomic mass is 32.2. The average Bonchev–Trinajstić information content (AvgIpc) is 3.06. The number of rotatable bonds is 2. The van der Waals surface area contributed by atoms with Crippen molar-refractivity contribution in [2.45, 2.75) is 50.2 Å². The van der Waals surface area contributed by atoms with Crippen LogP contribution in [0, 0.1) is 0 Å². The summed E-state index contributed by atoms with van der Waals surface area (Å²) >= 11 is 1.59. The molecule has 3 rings (SSSR count). The molecule has 1 N–H and O–H groups in total. The van der Waals surface area contributed by atoms with Gasteiger partial charge in [-0.05, 0) is 51.8 Å². The third-order valence-electron chi connectivity index (χ3n) is 4.50. The summed E-state index contributed by atoms with van der Waals surface area (Å²) in [5.41, 5.74) is 1.46. The van der Waals surface area contributed by atoms with Gasteiger partial charge >= 0.3 is 6.09 Å². The van der Waals surface area contributed by atoms with Crippen molar-refractivity contribution < 1.29 is 14.3 Å². The molecule has 1 aromatic rings. The molecule has 0 radical (unpaired) electrons. The van der Waals surface area contributed by atoms with E-state index >= 15 is 0 Å². The molecule has 0 bridgehead atoms. The first-order valence-corrected chi connectivity index (χ1v) is 10.0. The number of hydrogen-bond acceptors (Lipinski definition) is 5. The van der Waals surface area contributed by atoms with Gasteiger partial charge in [0.05, 0.1) is 5.69 Å². The number of nitrogens with zero attached hydrogens (tertiary/aromatic N) is 2. The lowest BCUT2D eigenvalue weighted by molar-refractivity contribution is -0.119. The van der Waals surface area contributed by atoms with E-state index in [0.29, 0.717) is 5.75 Å². The topological polar surface area (TPSA) is 61.9 Å². The van der Waals surface area contributed by atoms with Crippen LogP contribution in [0.25, 0.3) is 0 Å². The molecule has 1 saturated heterocycles. The summed E-state index contributed by atoms with van der Waals surface area (Å²) in [4.78, 5) is 30.0. The van der Waals surface area contributed by atoms with E-state index in [-0.39, 0.29) is 5.91 Å². The number of alkyl carbamates (subject to hydrolysis) is 1. The van der Waals surface area contributed by atoms with Crippen molar-refractivity contribution in [1.82, 2.24) is 5.32 Å². The highest BCUT2D eigenvalue weighted by Gasteiger charge is 2.31. The molecule has 0 aliphatic carbocycles. The van der Waals surface area contributed by atoms with Crippen molar-refractivity contribution in [3.8, 4) is 0 Å². The lowest BCUT2D eigenvalue weighted by atomic mass is 10.2. The van der Waals surface area contributed by atoms with Crippen LogP contribution in [0.1, 0.15) is 33.6 Å². The number of hydrogen-bond donors (Lipinski definition) is 1. The first-order chi connectivity index (χ1) is 12.2. The summed E-state index contributed by atoms with van der Waals surface area (Å²) in [6.45, 7) is 7.53. The quantitative estimate of drug-likeness (QED) is 0.857. The average molecular weight is 378 g/mol. The molecule has 26 heavy (non-hydrogen) atoms. The molecule has 7 heteroatoms. The van der Waals surface area contributed by atoms with Gasteiger partial charge in [0.25, 0.3) is 0 Å². The van der Waals surface area contributed by atoms with Crippen LogP contribution < -0.4 is 15.1 Å². The van der Waals surface area contributed by atoms with E-state index in [9.17, 15) is 9.59 Å². The van der Waals surface area contributed by atoms with Gasteiger partial charge in [-0.2, -0.15) is 0 Å². The van der Waals surface area contributed by atoms with E-state index < -0.39 is 17.7 Å². The van der Waals surface area contributed by atoms with E-state index in [1.165, 1.54) is 12.8 Å². The molecule has 2 aliphatic heterocycles. The number of likely N-dealkylation sites (N-methyl/N-ethyl adjacent to an activating group) is 1. The molecule has 0 aromatic heterocycles. The monoisotopic (exact) mass is 377 g/mol. The highest BCUT2D eigenvalue weighted by molar-refractivity contribution is 7.99. The fourth-order valence-electron chi connectivity index (χ4n) is 3.21. The lowest BCUT2D eigenvalue weighted by Gasteiger charge is -2.25. The molecule has 1 atom stereocenters. The number of thioether (sulfide) groups is 1. The minimum atomic E-state index is -0.609. The maximum Gasteiger partial charge on any atom is 0.408 e. The van der Waals surface area contributed by atoms with Gasteiger partial charge in [0.2, 0.25) is 5.91 Å². The SMILES string of the molecule is CN1C(=O)[C@@H](NC(=O)OC(C)(C)C)CSc2ccc(N3CCCC3)cc21. The van der Waals surface area contributed by atoms with Gasteiger partial charge in [-0.1, -0.05) is 0 Å². The second-order valence-corrected chi connectivity index (χ2v) is 8.82. The number of ether oxygens (including phenoxy) is 1. The number of anilines is 2. The Kier molecular flexibility index (Phi) is 5.37. The van der Waals surface area contributed by atoms with E-state index in [4.69, 9.17) is 4.74 Å². The Hall–Kier alpha value is -1.89. The number of nitrogens with one attached hydrogen (secondary N) is 1. The number of carbonyl (C=O) groups excluding carboxylic acids is 2. The second-order valence-electron chi connectivity index (χ2n) is 7.75. The fraction of sp³-hybridized carbons (Fsp3) is 0.579. The zero-order valence-corrected chi connectivity index (χ0v) is 16.7. The summed E-state index contributed by atoms with van der Waals surface area (Å²) in [5.74, 6) is 0.360. The van der Waals surface area contributed by atoms with Crippen LogP contribution in [-0.2, 0) is 9.53 Å². The molecule has 0 saturated carbocycles. The van der Waals surface area contributed by atoms with Crippen molar-refractivity contribution in [3.63, 3.8) is 0 Å². The zero-order chi connectivity index (χ0) is 18.9. The van der Waals surface area contributed by atoms with E-state index in [0.717, 1.165) is 29.4 Å². The summed E-state index contributed by atoms with van der Waals surface area (Å²) in [5, 5.41) is 2.72. The highest BCUT2D eigenvalue weighted by Crippen LogP contribution is 2.37. The Labute approximate surface area is 159 Å². The molecule has 1 fully saturated rings. The first kappa shape index (κ1) is 18.9. The fourth-order valence-corrected chi connectivity index (χ4v) is 4.29. The second kappa shape index (κ2) is 7.39. The van der Waals surface area contributed by atoms with Gasteiger partial charge in [0.1, 0.15) is 11.6 Å². The molecule has 2 amide bonds. The Morgan fingerprint density at radius 2 is 1.96 bits per heavy atom. The summed E-state index contributed by atoms with van der Waals surface area (Å²) in [6.07, 6.45) is 1.86. The van der Waals surface area contributed by atoms with Crippen LogP contribution >= 0.6 is 11.8 Å². The first-order valence-electron chi connectivity index (χ1n) is 9.03.